The lowest BCUT2D eigenvalue weighted by atomic mass is 9.87. The number of aryl methyl sites for hydroxylation is 1. The van der Waals surface area contributed by atoms with Gasteiger partial charge in [-0.1, -0.05) is 18.2 Å². The van der Waals surface area contributed by atoms with Crippen LogP contribution in [0.1, 0.15) is 49.1 Å². The van der Waals surface area contributed by atoms with Crippen LogP contribution in [0.2, 0.25) is 0 Å². The summed E-state index contributed by atoms with van der Waals surface area (Å²) in [7, 11) is 0. The number of rotatable bonds is 4. The van der Waals surface area contributed by atoms with Crippen molar-refractivity contribution in [2.45, 2.75) is 57.7 Å². The fraction of sp³-hybridized carbons (Fsp3) is 0.423. The molecule has 7 nitrogen and oxygen atoms in total. The number of carboxylic acid groups (broad SMARTS) is 1. The Morgan fingerprint density at radius 2 is 1.85 bits per heavy atom. The number of likely N-dealkylation sites (tertiary alicyclic amines) is 2. The van der Waals surface area contributed by atoms with Crippen molar-refractivity contribution in [3.63, 3.8) is 0 Å². The molecule has 180 valence electrons. The van der Waals surface area contributed by atoms with Gasteiger partial charge in [-0.2, -0.15) is 0 Å². The molecule has 4 heterocycles. The first-order valence-electron chi connectivity index (χ1n) is 11.7. The second-order valence-corrected chi connectivity index (χ2v) is 9.14. The van der Waals surface area contributed by atoms with Gasteiger partial charge in [0.15, 0.2) is 0 Å². The molecular formula is C26H31FN4O3. The van der Waals surface area contributed by atoms with Crippen molar-refractivity contribution >= 4 is 18.0 Å². The van der Waals surface area contributed by atoms with E-state index < -0.39 is 0 Å². The predicted octanol–water partition coefficient (Wildman–Crippen LogP) is 4.03. The molecule has 2 aliphatic rings. The molecule has 3 aromatic rings. The number of benzene rings is 1. The maximum atomic E-state index is 13.3. The number of hydrogen-bond acceptors (Lipinski definition) is 4. The topological polar surface area (TPSA) is 78.2 Å². The van der Waals surface area contributed by atoms with Crippen LogP contribution >= 0.6 is 0 Å². The van der Waals surface area contributed by atoms with Crippen LogP contribution < -0.4 is 0 Å². The number of hydrogen-bond donors (Lipinski definition) is 1. The van der Waals surface area contributed by atoms with E-state index in [2.05, 4.69) is 27.3 Å². The third-order valence-corrected chi connectivity index (χ3v) is 7.18. The molecule has 34 heavy (non-hydrogen) atoms. The summed E-state index contributed by atoms with van der Waals surface area (Å²) in [5.41, 5.74) is 4.25. The van der Waals surface area contributed by atoms with Crippen molar-refractivity contribution < 1.29 is 19.1 Å². The number of imidazole rings is 1. The van der Waals surface area contributed by atoms with Crippen LogP contribution in [0.3, 0.4) is 0 Å². The summed E-state index contributed by atoms with van der Waals surface area (Å²) in [4.78, 5) is 30.5. The molecule has 0 bridgehead atoms. The summed E-state index contributed by atoms with van der Waals surface area (Å²) in [6.45, 7) is 5.28. The van der Waals surface area contributed by atoms with Crippen molar-refractivity contribution in [1.82, 2.24) is 19.2 Å². The highest BCUT2D eigenvalue weighted by atomic mass is 19.1. The van der Waals surface area contributed by atoms with Gasteiger partial charge in [0.2, 0.25) is 5.91 Å². The summed E-state index contributed by atoms with van der Waals surface area (Å²) in [5, 5.41) is 6.89. The minimum absolute atomic E-state index is 0.0752. The summed E-state index contributed by atoms with van der Waals surface area (Å²) >= 11 is 0. The van der Waals surface area contributed by atoms with E-state index in [1.165, 1.54) is 17.8 Å². The first-order chi connectivity index (χ1) is 16.5. The Morgan fingerprint density at radius 3 is 2.59 bits per heavy atom. The van der Waals surface area contributed by atoms with Crippen LogP contribution in [0.4, 0.5) is 4.39 Å². The van der Waals surface area contributed by atoms with Crippen LogP contribution in [0.15, 0.2) is 48.7 Å². The number of halogens is 1. The molecular weight excluding hydrogens is 435 g/mol. The van der Waals surface area contributed by atoms with Gasteiger partial charge >= 0.3 is 0 Å². The molecule has 0 aliphatic carbocycles. The van der Waals surface area contributed by atoms with Crippen LogP contribution in [-0.2, 0) is 22.7 Å². The Balaban J connectivity index is 0.000000868. The third-order valence-electron chi connectivity index (χ3n) is 7.18. The monoisotopic (exact) mass is 466 g/mol. The largest absolute Gasteiger partial charge is 0.483 e. The molecule has 2 fully saturated rings. The molecule has 2 saturated heterocycles. The zero-order chi connectivity index (χ0) is 24.1. The van der Waals surface area contributed by atoms with Crippen LogP contribution in [0.5, 0.6) is 0 Å². The van der Waals surface area contributed by atoms with Gasteiger partial charge in [0.25, 0.3) is 6.47 Å². The minimum atomic E-state index is -0.250. The lowest BCUT2D eigenvalue weighted by Crippen LogP contribution is -2.45. The molecule has 2 aliphatic heterocycles. The normalized spacial score (nSPS) is 20.9. The Morgan fingerprint density at radius 1 is 1.09 bits per heavy atom. The molecule has 1 N–H and O–H groups in total. The van der Waals surface area contributed by atoms with Gasteiger partial charge in [0, 0.05) is 43.5 Å². The van der Waals surface area contributed by atoms with Gasteiger partial charge < -0.3 is 14.4 Å². The fourth-order valence-corrected chi connectivity index (χ4v) is 5.34. The molecule has 1 atom stereocenters. The van der Waals surface area contributed by atoms with Crippen LogP contribution in [0.25, 0.3) is 5.65 Å². The van der Waals surface area contributed by atoms with E-state index >= 15 is 0 Å². The van der Waals surface area contributed by atoms with Crippen LogP contribution in [0, 0.1) is 12.7 Å². The van der Waals surface area contributed by atoms with Gasteiger partial charge in [-0.15, -0.1) is 0 Å². The average molecular weight is 467 g/mol. The number of pyridine rings is 1. The lowest BCUT2D eigenvalue weighted by Gasteiger charge is -2.38. The zero-order valence-corrected chi connectivity index (χ0v) is 19.5. The number of carbonyl (C=O) groups excluding carboxylic acids is 1. The molecule has 0 saturated carbocycles. The summed E-state index contributed by atoms with van der Waals surface area (Å²) in [6, 6.07) is 12.7. The highest BCUT2D eigenvalue weighted by molar-refractivity contribution is 5.79. The maximum absolute atomic E-state index is 13.3. The quantitative estimate of drug-likeness (QED) is 0.588. The second-order valence-electron chi connectivity index (χ2n) is 9.14. The Hall–Kier alpha value is -3.26. The van der Waals surface area contributed by atoms with Gasteiger partial charge in [-0.05, 0) is 69.0 Å². The Bertz CT molecular complexity index is 1150. The summed E-state index contributed by atoms with van der Waals surface area (Å²) in [5.74, 6) is -0.00692. The van der Waals surface area contributed by atoms with Gasteiger partial charge in [0.05, 0.1) is 5.69 Å². The van der Waals surface area contributed by atoms with Crippen molar-refractivity contribution in [3.8, 4) is 0 Å². The maximum Gasteiger partial charge on any atom is 0.290 e. The highest BCUT2D eigenvalue weighted by Gasteiger charge is 2.45. The average Bonchev–Trinajstić information content (AvgIpc) is 3.21. The van der Waals surface area contributed by atoms with E-state index in [0.29, 0.717) is 13.0 Å². The molecule has 0 radical (unpaired) electrons. The predicted molar refractivity (Wildman–Crippen MR) is 127 cm³/mol. The standard InChI is InChI=1S/C25H29FN4O.CH2O2/c1-19-22(27-23-5-2-3-15-29(19)23)18-28-14-4-11-25(13-16-28)12-10-24(31)30(25)17-20-6-8-21(26)9-7-20;2-1-3/h2-3,5-9,15H,4,10-14,16-18H2,1H3;1H,(H,2,3). The third kappa shape index (κ3) is 4.97. The first kappa shape index (κ1) is 23.9. The van der Waals surface area contributed by atoms with Crippen molar-refractivity contribution in [2.75, 3.05) is 13.1 Å². The molecule has 1 unspecified atom stereocenters. The molecule has 1 amide bonds. The number of fused-ring (bicyclic) bond motifs is 1. The van der Waals surface area contributed by atoms with E-state index in [1.54, 1.807) is 12.1 Å². The SMILES string of the molecule is Cc1c(CN2CCCC3(CCC(=O)N3Cc3ccc(F)cc3)CC2)nc2ccccn12.O=CO. The second kappa shape index (κ2) is 10.3. The van der Waals surface area contributed by atoms with Crippen LogP contribution in [-0.4, -0.2) is 55.3 Å². The Labute approximate surface area is 198 Å². The van der Waals surface area contributed by atoms with Gasteiger partial charge in [-0.25, -0.2) is 9.37 Å². The summed E-state index contributed by atoms with van der Waals surface area (Å²) in [6.07, 6.45) is 6.68. The van der Waals surface area contributed by atoms with E-state index in [4.69, 9.17) is 14.9 Å². The van der Waals surface area contributed by atoms with E-state index in [1.807, 2.05) is 18.2 Å². The molecule has 2 aromatic heterocycles. The van der Waals surface area contributed by atoms with E-state index in [0.717, 1.165) is 62.2 Å². The number of carbonyl (C=O) groups is 2. The fourth-order valence-electron chi connectivity index (χ4n) is 5.34. The van der Waals surface area contributed by atoms with Crippen molar-refractivity contribution in [3.05, 3.63) is 71.4 Å². The number of aromatic nitrogens is 2. The lowest BCUT2D eigenvalue weighted by molar-refractivity contribution is -0.132. The van der Waals surface area contributed by atoms with Crippen molar-refractivity contribution in [1.29, 1.82) is 0 Å². The summed E-state index contributed by atoms with van der Waals surface area (Å²) < 4.78 is 15.5. The molecule has 8 heteroatoms. The smallest absolute Gasteiger partial charge is 0.290 e. The van der Waals surface area contributed by atoms with E-state index in [-0.39, 0.29) is 23.7 Å². The van der Waals surface area contributed by atoms with Gasteiger partial charge in [-0.3, -0.25) is 14.5 Å². The van der Waals surface area contributed by atoms with E-state index in [9.17, 15) is 9.18 Å². The molecule has 1 aromatic carbocycles. The zero-order valence-electron chi connectivity index (χ0n) is 19.5. The molecule has 1 spiro atoms. The van der Waals surface area contributed by atoms with Gasteiger partial charge in [0.1, 0.15) is 11.5 Å². The number of nitrogens with zero attached hydrogens (tertiary/aromatic N) is 4. The minimum Gasteiger partial charge on any atom is -0.483 e. The number of amides is 1. The Kier molecular flexibility index (Phi) is 7.26. The first-order valence-corrected chi connectivity index (χ1v) is 11.7. The van der Waals surface area contributed by atoms with Crippen molar-refractivity contribution in [2.24, 2.45) is 0 Å². The molecule has 5 rings (SSSR count). The highest BCUT2D eigenvalue weighted by Crippen LogP contribution is 2.40.